The van der Waals surface area contributed by atoms with Gasteiger partial charge in [-0.3, -0.25) is 0 Å². The van der Waals surface area contributed by atoms with Crippen molar-refractivity contribution in [1.29, 1.82) is 0 Å². The summed E-state index contributed by atoms with van der Waals surface area (Å²) >= 11 is 0. The summed E-state index contributed by atoms with van der Waals surface area (Å²) in [7, 11) is 1.61. The molecule has 0 saturated heterocycles. The van der Waals surface area contributed by atoms with Crippen LogP contribution >= 0.6 is 0 Å². The topological polar surface area (TPSA) is 41.5 Å². The van der Waals surface area contributed by atoms with E-state index in [1.807, 2.05) is 0 Å². The molecule has 0 aromatic heterocycles. The van der Waals surface area contributed by atoms with Gasteiger partial charge < -0.3 is 15.2 Å². The highest BCUT2D eigenvalue weighted by Crippen LogP contribution is 1.97. The van der Waals surface area contributed by atoms with E-state index in [-0.39, 0.29) is 6.10 Å². The molecular formula is C11H25NO2. The zero-order valence-corrected chi connectivity index (χ0v) is 9.59. The van der Waals surface area contributed by atoms with Crippen molar-refractivity contribution in [2.75, 3.05) is 26.8 Å². The Bertz CT molecular complexity index is 109. The second-order valence-electron chi connectivity index (χ2n) is 3.71. The predicted octanol–water partition coefficient (Wildman–Crippen LogP) is 1.55. The number of aliphatic hydroxyl groups excluding tert-OH is 1. The van der Waals surface area contributed by atoms with Crippen molar-refractivity contribution < 1.29 is 9.84 Å². The molecule has 0 radical (unpaired) electrons. The third kappa shape index (κ3) is 9.96. The van der Waals surface area contributed by atoms with Crippen LogP contribution in [0, 0.1) is 0 Å². The smallest absolute Gasteiger partial charge is 0.0785 e. The molecule has 0 spiro atoms. The van der Waals surface area contributed by atoms with Crippen LogP contribution in [0.5, 0.6) is 0 Å². The molecule has 1 unspecified atom stereocenters. The summed E-state index contributed by atoms with van der Waals surface area (Å²) in [5.74, 6) is 0. The Morgan fingerprint density at radius 1 is 1.21 bits per heavy atom. The summed E-state index contributed by atoms with van der Waals surface area (Å²) in [6.07, 6.45) is 5.63. The van der Waals surface area contributed by atoms with E-state index in [2.05, 4.69) is 12.2 Å². The Balaban J connectivity index is 2.98. The zero-order chi connectivity index (χ0) is 10.6. The van der Waals surface area contributed by atoms with Crippen LogP contribution in [0.25, 0.3) is 0 Å². The number of nitrogens with one attached hydrogen (secondary N) is 1. The van der Waals surface area contributed by atoms with Crippen LogP contribution in [0.1, 0.15) is 39.0 Å². The molecule has 3 nitrogen and oxygen atoms in total. The van der Waals surface area contributed by atoms with Crippen molar-refractivity contribution in [1.82, 2.24) is 5.32 Å². The maximum atomic E-state index is 9.32. The van der Waals surface area contributed by atoms with Crippen LogP contribution in [0.15, 0.2) is 0 Å². The lowest BCUT2D eigenvalue weighted by Crippen LogP contribution is -2.23. The molecule has 86 valence electrons. The van der Waals surface area contributed by atoms with Crippen molar-refractivity contribution >= 4 is 0 Å². The Labute approximate surface area is 87.8 Å². The first kappa shape index (κ1) is 13.9. The van der Waals surface area contributed by atoms with Gasteiger partial charge in [0.2, 0.25) is 0 Å². The Morgan fingerprint density at radius 2 is 2.00 bits per heavy atom. The van der Waals surface area contributed by atoms with Crippen LogP contribution in [-0.4, -0.2) is 38.0 Å². The molecule has 0 aliphatic carbocycles. The summed E-state index contributed by atoms with van der Waals surface area (Å²) in [5, 5.41) is 12.6. The van der Waals surface area contributed by atoms with Crippen LogP contribution in [0.2, 0.25) is 0 Å². The maximum Gasteiger partial charge on any atom is 0.0785 e. The molecule has 0 amide bonds. The third-order valence-electron chi connectivity index (χ3n) is 2.22. The number of aliphatic hydroxyl groups is 1. The molecule has 0 aliphatic rings. The number of hydrogen-bond acceptors (Lipinski definition) is 3. The summed E-state index contributed by atoms with van der Waals surface area (Å²) in [4.78, 5) is 0. The average Bonchev–Trinajstić information content (AvgIpc) is 2.17. The number of ether oxygens (including phenoxy) is 1. The zero-order valence-electron chi connectivity index (χ0n) is 9.59. The SMILES string of the molecule is CCCCCCNCCC(O)COC. The van der Waals surface area contributed by atoms with Crippen LogP contribution in [0.3, 0.4) is 0 Å². The van der Waals surface area contributed by atoms with Crippen molar-refractivity contribution in [3.8, 4) is 0 Å². The predicted molar refractivity (Wildman–Crippen MR) is 59.5 cm³/mol. The monoisotopic (exact) mass is 203 g/mol. The summed E-state index contributed by atoms with van der Waals surface area (Å²) in [6, 6.07) is 0. The first-order valence-corrected chi connectivity index (χ1v) is 5.69. The molecule has 14 heavy (non-hydrogen) atoms. The quantitative estimate of drug-likeness (QED) is 0.529. The normalized spacial score (nSPS) is 13.1. The minimum atomic E-state index is -0.317. The lowest BCUT2D eigenvalue weighted by atomic mass is 10.2. The van der Waals surface area contributed by atoms with Crippen LogP contribution < -0.4 is 5.32 Å². The van der Waals surface area contributed by atoms with Crippen molar-refractivity contribution in [2.24, 2.45) is 0 Å². The van der Waals surface area contributed by atoms with E-state index in [4.69, 9.17) is 4.74 Å². The maximum absolute atomic E-state index is 9.32. The van der Waals surface area contributed by atoms with Crippen LogP contribution in [0.4, 0.5) is 0 Å². The molecule has 0 fully saturated rings. The number of methoxy groups -OCH3 is 1. The highest BCUT2D eigenvalue weighted by molar-refractivity contribution is 4.56. The second kappa shape index (κ2) is 11.0. The van der Waals surface area contributed by atoms with Gasteiger partial charge in [-0.05, 0) is 25.9 Å². The molecule has 1 atom stereocenters. The first-order valence-electron chi connectivity index (χ1n) is 5.69. The van der Waals surface area contributed by atoms with Crippen LogP contribution in [-0.2, 0) is 4.74 Å². The van der Waals surface area contributed by atoms with Gasteiger partial charge in [0.15, 0.2) is 0 Å². The van der Waals surface area contributed by atoms with Gasteiger partial charge >= 0.3 is 0 Å². The van der Waals surface area contributed by atoms with E-state index in [1.54, 1.807) is 7.11 Å². The van der Waals surface area contributed by atoms with Gasteiger partial charge in [-0.2, -0.15) is 0 Å². The van der Waals surface area contributed by atoms with E-state index in [9.17, 15) is 5.11 Å². The van der Waals surface area contributed by atoms with Crippen molar-refractivity contribution in [3.63, 3.8) is 0 Å². The Hall–Kier alpha value is -0.120. The molecule has 2 N–H and O–H groups in total. The molecule has 0 bridgehead atoms. The van der Waals surface area contributed by atoms with Crippen molar-refractivity contribution in [3.05, 3.63) is 0 Å². The number of hydrogen-bond donors (Lipinski definition) is 2. The molecule has 0 heterocycles. The summed E-state index contributed by atoms with van der Waals surface area (Å²) < 4.78 is 4.84. The fraction of sp³-hybridized carbons (Fsp3) is 1.00. The van der Waals surface area contributed by atoms with Gasteiger partial charge in [0.05, 0.1) is 12.7 Å². The highest BCUT2D eigenvalue weighted by atomic mass is 16.5. The third-order valence-corrected chi connectivity index (χ3v) is 2.22. The first-order chi connectivity index (χ1) is 6.81. The standard InChI is InChI=1S/C11H25NO2/c1-3-4-5-6-8-12-9-7-11(13)10-14-2/h11-13H,3-10H2,1-2H3. The van der Waals surface area contributed by atoms with Gasteiger partial charge in [-0.25, -0.2) is 0 Å². The van der Waals surface area contributed by atoms with E-state index < -0.39 is 0 Å². The highest BCUT2D eigenvalue weighted by Gasteiger charge is 2.01. The van der Waals surface area contributed by atoms with E-state index in [0.717, 1.165) is 19.5 Å². The van der Waals surface area contributed by atoms with Gasteiger partial charge in [-0.15, -0.1) is 0 Å². The van der Waals surface area contributed by atoms with E-state index >= 15 is 0 Å². The molecule has 0 aromatic carbocycles. The minimum Gasteiger partial charge on any atom is -0.391 e. The molecule has 0 aromatic rings. The minimum absolute atomic E-state index is 0.317. The largest absolute Gasteiger partial charge is 0.391 e. The fourth-order valence-corrected chi connectivity index (χ4v) is 1.35. The Morgan fingerprint density at radius 3 is 2.64 bits per heavy atom. The molecular weight excluding hydrogens is 178 g/mol. The van der Waals surface area contributed by atoms with E-state index in [0.29, 0.717) is 6.61 Å². The van der Waals surface area contributed by atoms with Gasteiger partial charge in [0.1, 0.15) is 0 Å². The summed E-state index contributed by atoms with van der Waals surface area (Å²) in [5.41, 5.74) is 0. The lowest BCUT2D eigenvalue weighted by Gasteiger charge is -2.09. The lowest BCUT2D eigenvalue weighted by molar-refractivity contribution is 0.0595. The number of rotatable bonds is 10. The van der Waals surface area contributed by atoms with Gasteiger partial charge in [0, 0.05) is 7.11 Å². The van der Waals surface area contributed by atoms with Gasteiger partial charge in [0.25, 0.3) is 0 Å². The Kier molecular flexibility index (Phi) is 10.9. The molecule has 0 rings (SSSR count). The van der Waals surface area contributed by atoms with Gasteiger partial charge in [-0.1, -0.05) is 26.2 Å². The number of unbranched alkanes of at least 4 members (excludes halogenated alkanes) is 3. The molecule has 0 aliphatic heterocycles. The molecule has 0 saturated carbocycles. The summed E-state index contributed by atoms with van der Waals surface area (Å²) in [6.45, 7) is 4.61. The van der Waals surface area contributed by atoms with E-state index in [1.165, 1.54) is 25.7 Å². The van der Waals surface area contributed by atoms with Crippen molar-refractivity contribution in [2.45, 2.75) is 45.1 Å². The molecule has 3 heteroatoms. The fourth-order valence-electron chi connectivity index (χ4n) is 1.35. The average molecular weight is 203 g/mol. The second-order valence-corrected chi connectivity index (χ2v) is 3.71.